The summed E-state index contributed by atoms with van der Waals surface area (Å²) < 4.78 is 18.2. The van der Waals surface area contributed by atoms with Crippen LogP contribution in [0.25, 0.3) is 22.2 Å². The summed E-state index contributed by atoms with van der Waals surface area (Å²) in [4.78, 5) is 36.7. The molecule has 210 valence electrons. The van der Waals surface area contributed by atoms with Gasteiger partial charge in [-0.1, -0.05) is 31.0 Å². The minimum Gasteiger partial charge on any atom is -0.463 e. The van der Waals surface area contributed by atoms with Gasteiger partial charge in [-0.15, -0.1) is 11.8 Å². The molecule has 4 heterocycles. The lowest BCUT2D eigenvalue weighted by molar-refractivity contribution is -0.139. The van der Waals surface area contributed by atoms with Crippen LogP contribution in [0.5, 0.6) is 11.5 Å². The minimum atomic E-state index is -0.426. The number of aromatic nitrogens is 3. The van der Waals surface area contributed by atoms with Gasteiger partial charge < -0.3 is 29.8 Å². The zero-order valence-corrected chi connectivity index (χ0v) is 23.3. The third-order valence-corrected chi connectivity index (χ3v) is 9.33. The number of carbonyl (C=O) groups is 2. The summed E-state index contributed by atoms with van der Waals surface area (Å²) >= 11 is 1.55. The lowest BCUT2D eigenvalue weighted by atomic mass is 9.84. The maximum atomic E-state index is 14.0. The van der Waals surface area contributed by atoms with Crippen molar-refractivity contribution in [2.45, 2.75) is 44.4 Å². The van der Waals surface area contributed by atoms with Gasteiger partial charge in [0.25, 0.3) is 5.91 Å². The topological polar surface area (TPSA) is 131 Å². The Morgan fingerprint density at radius 1 is 1.10 bits per heavy atom. The van der Waals surface area contributed by atoms with E-state index in [1.54, 1.807) is 23.3 Å². The molecule has 4 aromatic rings. The van der Waals surface area contributed by atoms with E-state index in [1.807, 2.05) is 42.5 Å². The molecule has 0 saturated heterocycles. The first kappa shape index (κ1) is 25.7. The Balaban J connectivity index is 1.31. The normalized spacial score (nSPS) is 19.5. The van der Waals surface area contributed by atoms with Crippen LogP contribution in [-0.2, 0) is 16.1 Å². The molecule has 7 rings (SSSR count). The zero-order valence-electron chi connectivity index (χ0n) is 22.5. The molecule has 11 heteroatoms. The van der Waals surface area contributed by atoms with Crippen LogP contribution < -0.4 is 20.5 Å². The van der Waals surface area contributed by atoms with Gasteiger partial charge in [0.1, 0.15) is 16.9 Å². The number of thioether (sulfide) groups is 1. The number of rotatable bonds is 6. The maximum absolute atomic E-state index is 14.0. The van der Waals surface area contributed by atoms with Crippen molar-refractivity contribution < 1.29 is 23.8 Å². The number of benzene rings is 2. The molecular formula is C30H29N5O5S. The number of fused-ring (bicyclic) bond motifs is 4. The van der Waals surface area contributed by atoms with Crippen LogP contribution in [0.3, 0.4) is 0 Å². The van der Waals surface area contributed by atoms with Gasteiger partial charge >= 0.3 is 5.97 Å². The van der Waals surface area contributed by atoms with Gasteiger partial charge in [0.15, 0.2) is 17.1 Å². The number of para-hydroxylation sites is 2. The summed E-state index contributed by atoms with van der Waals surface area (Å²) in [6, 6.07) is 13.2. The molecule has 1 saturated carbocycles. The van der Waals surface area contributed by atoms with Gasteiger partial charge in [-0.25, -0.2) is 14.8 Å². The second-order valence-corrected chi connectivity index (χ2v) is 11.6. The molecule has 2 aromatic heterocycles. The van der Waals surface area contributed by atoms with E-state index in [9.17, 15) is 9.59 Å². The number of ether oxygens (including phenoxy) is 3. The SMILES string of the molecule is CCOC(=O)C1=C(NC(=O)c2c(N)n(Cc3ccc4c(c3)OCO4)c3nc4ccccc4nc23)S[C@H]2CCCC[C@H]12. The second kappa shape index (κ2) is 10.3. The van der Waals surface area contributed by atoms with E-state index in [4.69, 9.17) is 29.9 Å². The predicted octanol–water partition coefficient (Wildman–Crippen LogP) is 4.75. The van der Waals surface area contributed by atoms with Crippen LogP contribution in [0.2, 0.25) is 0 Å². The van der Waals surface area contributed by atoms with Gasteiger partial charge in [0.05, 0.1) is 34.8 Å². The largest absolute Gasteiger partial charge is 0.463 e. The Morgan fingerprint density at radius 2 is 1.88 bits per heavy atom. The fourth-order valence-corrected chi connectivity index (χ4v) is 7.53. The Kier molecular flexibility index (Phi) is 6.45. The van der Waals surface area contributed by atoms with E-state index in [0.29, 0.717) is 50.8 Å². The van der Waals surface area contributed by atoms with Crippen molar-refractivity contribution in [3.8, 4) is 11.5 Å². The molecule has 1 amide bonds. The van der Waals surface area contributed by atoms with Crippen molar-refractivity contribution in [2.24, 2.45) is 5.92 Å². The minimum absolute atomic E-state index is 0.0662. The Hall–Kier alpha value is -4.25. The molecule has 1 aliphatic carbocycles. The number of nitrogens with two attached hydrogens (primary N) is 1. The lowest BCUT2D eigenvalue weighted by Crippen LogP contribution is -2.26. The van der Waals surface area contributed by atoms with Gasteiger partial charge in [0, 0.05) is 11.2 Å². The summed E-state index contributed by atoms with van der Waals surface area (Å²) in [6.07, 6.45) is 4.05. The summed E-state index contributed by atoms with van der Waals surface area (Å²) in [5.41, 5.74) is 10.7. The number of nitrogens with zero attached hydrogens (tertiary/aromatic N) is 3. The van der Waals surface area contributed by atoms with Crippen molar-refractivity contribution in [1.29, 1.82) is 0 Å². The molecule has 41 heavy (non-hydrogen) atoms. The van der Waals surface area contributed by atoms with Crippen LogP contribution >= 0.6 is 11.8 Å². The van der Waals surface area contributed by atoms with Gasteiger partial charge in [-0.2, -0.15) is 0 Å². The molecule has 2 aliphatic heterocycles. The van der Waals surface area contributed by atoms with Crippen molar-refractivity contribution in [3.05, 3.63) is 64.2 Å². The van der Waals surface area contributed by atoms with Crippen LogP contribution in [-0.4, -0.2) is 45.1 Å². The first-order chi connectivity index (χ1) is 20.0. The quantitative estimate of drug-likeness (QED) is 0.315. The van der Waals surface area contributed by atoms with Crippen LogP contribution in [0.15, 0.2) is 53.1 Å². The second-order valence-electron chi connectivity index (χ2n) is 10.4. The van der Waals surface area contributed by atoms with E-state index in [-0.39, 0.29) is 41.9 Å². The first-order valence-electron chi connectivity index (χ1n) is 13.8. The van der Waals surface area contributed by atoms with E-state index in [0.717, 1.165) is 31.2 Å². The smallest absolute Gasteiger partial charge is 0.336 e. The average molecular weight is 572 g/mol. The predicted molar refractivity (Wildman–Crippen MR) is 156 cm³/mol. The fraction of sp³-hybridized carbons (Fsp3) is 0.333. The molecule has 0 unspecified atom stereocenters. The molecule has 3 aliphatic rings. The van der Waals surface area contributed by atoms with Crippen LogP contribution in [0.4, 0.5) is 5.82 Å². The van der Waals surface area contributed by atoms with E-state index < -0.39 is 5.91 Å². The summed E-state index contributed by atoms with van der Waals surface area (Å²) in [6.45, 7) is 2.58. The molecule has 10 nitrogen and oxygen atoms in total. The molecule has 0 radical (unpaired) electrons. The van der Waals surface area contributed by atoms with Crippen LogP contribution in [0.1, 0.15) is 48.5 Å². The number of anilines is 1. The lowest BCUT2D eigenvalue weighted by Gasteiger charge is -2.25. The number of carbonyl (C=O) groups excluding carboxylic acids is 2. The number of amides is 1. The summed E-state index contributed by atoms with van der Waals surface area (Å²) in [5, 5.41) is 3.83. The Labute approximate surface area is 240 Å². The molecule has 3 N–H and O–H groups in total. The average Bonchev–Trinajstić information content (AvgIpc) is 3.66. The molecule has 2 aromatic carbocycles. The van der Waals surface area contributed by atoms with Crippen molar-refractivity contribution >= 4 is 51.7 Å². The molecular weight excluding hydrogens is 542 g/mol. The van der Waals surface area contributed by atoms with Crippen LogP contribution in [0, 0.1) is 5.92 Å². The summed E-state index contributed by atoms with van der Waals surface area (Å²) in [7, 11) is 0. The Bertz CT molecular complexity index is 1750. The van der Waals surface area contributed by atoms with Crippen molar-refractivity contribution in [2.75, 3.05) is 19.1 Å². The standard InChI is InChI=1S/C30H29N5O5S/c1-2-38-30(37)23-17-7-3-6-10-22(17)41-29(23)34-28(36)24-25-27(33-19-9-5-4-8-18(19)32-25)35(26(24)31)14-16-11-12-20-21(13-16)40-15-39-20/h4-5,8-9,11-13,17,22H,2-3,6-7,10,14-15,31H2,1H3,(H,34,36)/t17-,22-/m0/s1. The third-order valence-electron chi connectivity index (χ3n) is 7.91. The monoisotopic (exact) mass is 571 g/mol. The third kappa shape index (κ3) is 4.44. The number of nitrogen functional groups attached to an aromatic ring is 1. The van der Waals surface area contributed by atoms with Gasteiger partial charge in [-0.05, 0) is 49.6 Å². The zero-order chi connectivity index (χ0) is 28.1. The summed E-state index contributed by atoms with van der Waals surface area (Å²) in [5.74, 6) is 0.856. The Morgan fingerprint density at radius 3 is 2.71 bits per heavy atom. The highest BCUT2D eigenvalue weighted by molar-refractivity contribution is 8.04. The highest BCUT2D eigenvalue weighted by Crippen LogP contribution is 2.48. The first-order valence-corrected chi connectivity index (χ1v) is 14.7. The number of nitrogens with one attached hydrogen (secondary N) is 1. The number of hydrogen-bond donors (Lipinski definition) is 2. The molecule has 0 spiro atoms. The van der Waals surface area contributed by atoms with Gasteiger partial charge in [-0.3, -0.25) is 4.79 Å². The highest BCUT2D eigenvalue weighted by Gasteiger charge is 2.42. The maximum Gasteiger partial charge on any atom is 0.336 e. The van der Waals surface area contributed by atoms with Crippen molar-refractivity contribution in [1.82, 2.24) is 19.9 Å². The van der Waals surface area contributed by atoms with Crippen molar-refractivity contribution in [3.63, 3.8) is 0 Å². The number of hydrogen-bond acceptors (Lipinski definition) is 9. The van der Waals surface area contributed by atoms with E-state index >= 15 is 0 Å². The fourth-order valence-electron chi connectivity index (χ4n) is 5.99. The van der Waals surface area contributed by atoms with E-state index in [1.165, 1.54) is 0 Å². The molecule has 2 atom stereocenters. The van der Waals surface area contributed by atoms with E-state index in [2.05, 4.69) is 5.32 Å². The molecule has 0 bridgehead atoms. The number of esters is 1. The molecule has 1 fully saturated rings. The highest BCUT2D eigenvalue weighted by atomic mass is 32.2. The van der Waals surface area contributed by atoms with Gasteiger partial charge in [0.2, 0.25) is 6.79 Å².